The minimum absolute atomic E-state index is 0.00998. The Morgan fingerprint density at radius 1 is 1.31 bits per heavy atom. The van der Waals surface area contributed by atoms with E-state index in [9.17, 15) is 22.4 Å². The normalized spacial score (nSPS) is 16.4. The summed E-state index contributed by atoms with van der Waals surface area (Å²) in [6.45, 7) is 2.95. The van der Waals surface area contributed by atoms with E-state index in [1.54, 1.807) is 13.0 Å². The lowest BCUT2D eigenvalue weighted by Gasteiger charge is -2.37. The average molecular weight is 386 g/mol. The number of piperidine rings is 1. The summed E-state index contributed by atoms with van der Waals surface area (Å²) in [6.07, 6.45) is 0.622. The van der Waals surface area contributed by atoms with Crippen molar-refractivity contribution >= 4 is 21.9 Å². The number of carboxylic acid groups (broad SMARTS) is 1. The van der Waals surface area contributed by atoms with Gasteiger partial charge in [0.25, 0.3) is 5.91 Å². The Kier molecular flexibility index (Phi) is 6.35. The highest BCUT2D eigenvalue weighted by molar-refractivity contribution is 7.89. The van der Waals surface area contributed by atoms with Crippen molar-refractivity contribution < 1.29 is 27.5 Å². The number of hydrogen-bond donors (Lipinski definition) is 1. The molecule has 1 aliphatic rings. The monoisotopic (exact) mass is 386 g/mol. The third-order valence-electron chi connectivity index (χ3n) is 4.61. The first-order chi connectivity index (χ1) is 12.2. The van der Waals surface area contributed by atoms with Gasteiger partial charge in [0, 0.05) is 19.1 Å². The summed E-state index contributed by atoms with van der Waals surface area (Å²) in [7, 11) is -3.32. The molecule has 1 aromatic rings. The van der Waals surface area contributed by atoms with Crippen LogP contribution in [0, 0.1) is 12.7 Å². The number of carbonyl (C=O) groups excluding carboxylic acids is 1. The van der Waals surface area contributed by atoms with Gasteiger partial charge in [-0.05, 0) is 38.3 Å². The van der Waals surface area contributed by atoms with E-state index < -0.39 is 40.3 Å². The molecule has 2 rings (SSSR count). The van der Waals surface area contributed by atoms with Gasteiger partial charge in [0.05, 0.1) is 11.3 Å². The van der Waals surface area contributed by atoms with Gasteiger partial charge in [-0.1, -0.05) is 12.1 Å². The van der Waals surface area contributed by atoms with Crippen LogP contribution in [-0.2, 0) is 14.8 Å². The Bertz CT molecular complexity index is 788. The lowest BCUT2D eigenvalue weighted by molar-refractivity contribution is -0.138. The molecule has 1 fully saturated rings. The van der Waals surface area contributed by atoms with Crippen LogP contribution in [0.3, 0.4) is 0 Å². The zero-order chi connectivity index (χ0) is 19.5. The van der Waals surface area contributed by atoms with Gasteiger partial charge in [0.15, 0.2) is 0 Å². The lowest BCUT2D eigenvalue weighted by atomic mass is 10.0. The van der Waals surface area contributed by atoms with Crippen LogP contribution < -0.4 is 0 Å². The van der Waals surface area contributed by atoms with Gasteiger partial charge in [-0.2, -0.15) is 0 Å². The minimum atomic E-state index is -3.32. The van der Waals surface area contributed by atoms with Crippen molar-refractivity contribution in [2.75, 3.05) is 25.4 Å². The molecule has 0 unspecified atom stereocenters. The maximum atomic E-state index is 14.3. The topological polar surface area (TPSA) is 95.0 Å². The Morgan fingerprint density at radius 2 is 1.92 bits per heavy atom. The minimum Gasteiger partial charge on any atom is -0.480 e. The largest absolute Gasteiger partial charge is 0.480 e. The summed E-state index contributed by atoms with van der Waals surface area (Å²) < 4.78 is 39.5. The van der Waals surface area contributed by atoms with E-state index in [2.05, 4.69) is 0 Å². The van der Waals surface area contributed by atoms with E-state index >= 15 is 0 Å². The summed E-state index contributed by atoms with van der Waals surface area (Å²) in [6, 6.07) is 3.95. The molecule has 144 valence electrons. The average Bonchev–Trinajstić information content (AvgIpc) is 2.61. The van der Waals surface area contributed by atoms with Gasteiger partial charge >= 0.3 is 5.97 Å². The first kappa shape index (κ1) is 20.3. The Hall–Kier alpha value is -2.00. The molecule has 0 aliphatic carbocycles. The molecule has 1 heterocycles. The van der Waals surface area contributed by atoms with E-state index in [-0.39, 0.29) is 24.4 Å². The quantitative estimate of drug-likeness (QED) is 0.799. The molecule has 26 heavy (non-hydrogen) atoms. The highest BCUT2D eigenvalue weighted by Gasteiger charge is 2.34. The summed E-state index contributed by atoms with van der Waals surface area (Å²) in [4.78, 5) is 25.1. The van der Waals surface area contributed by atoms with Crippen LogP contribution in [0.15, 0.2) is 18.2 Å². The molecule has 1 amide bonds. The SMILES string of the molecule is CCS(=O)(=O)N1CCC(N(CC(=O)O)C(=O)c2cccc(C)c2F)CC1. The zero-order valence-corrected chi connectivity index (χ0v) is 15.6. The van der Waals surface area contributed by atoms with Crippen molar-refractivity contribution in [2.45, 2.75) is 32.7 Å². The second-order valence-electron chi connectivity index (χ2n) is 6.29. The van der Waals surface area contributed by atoms with Crippen LogP contribution in [0.1, 0.15) is 35.7 Å². The van der Waals surface area contributed by atoms with Crippen molar-refractivity contribution in [2.24, 2.45) is 0 Å². The maximum Gasteiger partial charge on any atom is 0.323 e. The fourth-order valence-corrected chi connectivity index (χ4v) is 4.23. The maximum absolute atomic E-state index is 14.3. The number of amides is 1. The number of nitrogens with zero attached hydrogens (tertiary/aromatic N) is 2. The van der Waals surface area contributed by atoms with E-state index in [0.29, 0.717) is 18.4 Å². The van der Waals surface area contributed by atoms with Crippen LogP contribution in [-0.4, -0.2) is 66.0 Å². The van der Waals surface area contributed by atoms with Crippen LogP contribution >= 0.6 is 0 Å². The second-order valence-corrected chi connectivity index (χ2v) is 8.55. The highest BCUT2D eigenvalue weighted by Crippen LogP contribution is 2.22. The first-order valence-electron chi connectivity index (χ1n) is 8.43. The standard InChI is InChI=1S/C17H23FN2O5S/c1-3-26(24,25)19-9-7-13(8-10-19)20(11-15(21)22)17(23)14-6-4-5-12(2)16(14)18/h4-6,13H,3,7-11H2,1-2H3,(H,21,22). The molecule has 0 aromatic heterocycles. The molecule has 1 aromatic carbocycles. The molecule has 1 saturated heterocycles. The van der Waals surface area contributed by atoms with Crippen molar-refractivity contribution in [3.63, 3.8) is 0 Å². The van der Waals surface area contributed by atoms with Crippen molar-refractivity contribution in [3.05, 3.63) is 35.1 Å². The Labute approximate surface area is 152 Å². The van der Waals surface area contributed by atoms with Crippen molar-refractivity contribution in [3.8, 4) is 0 Å². The van der Waals surface area contributed by atoms with Crippen LogP contribution in [0.4, 0.5) is 4.39 Å². The molecule has 0 bridgehead atoms. The molecule has 0 radical (unpaired) electrons. The number of aliphatic carboxylic acids is 1. The molecular formula is C17H23FN2O5S. The number of carboxylic acids is 1. The number of aryl methyl sites for hydroxylation is 1. The number of benzene rings is 1. The van der Waals surface area contributed by atoms with Gasteiger partial charge < -0.3 is 10.0 Å². The third-order valence-corrected chi connectivity index (χ3v) is 6.49. The molecule has 0 atom stereocenters. The van der Waals surface area contributed by atoms with Gasteiger partial charge in [0.1, 0.15) is 12.4 Å². The number of halogens is 1. The van der Waals surface area contributed by atoms with Crippen molar-refractivity contribution in [1.82, 2.24) is 9.21 Å². The molecular weight excluding hydrogens is 363 g/mol. The number of rotatable bonds is 6. The lowest BCUT2D eigenvalue weighted by Crippen LogP contribution is -2.50. The fourth-order valence-electron chi connectivity index (χ4n) is 3.09. The predicted molar refractivity (Wildman–Crippen MR) is 93.9 cm³/mol. The van der Waals surface area contributed by atoms with Gasteiger partial charge in [-0.25, -0.2) is 17.1 Å². The van der Waals surface area contributed by atoms with E-state index in [1.165, 1.54) is 23.4 Å². The predicted octanol–water partition coefficient (Wildman–Crippen LogP) is 1.48. The van der Waals surface area contributed by atoms with Crippen LogP contribution in [0.5, 0.6) is 0 Å². The Morgan fingerprint density at radius 3 is 2.46 bits per heavy atom. The van der Waals surface area contributed by atoms with Gasteiger partial charge in [0.2, 0.25) is 10.0 Å². The van der Waals surface area contributed by atoms with Gasteiger partial charge in [-0.15, -0.1) is 0 Å². The van der Waals surface area contributed by atoms with Gasteiger partial charge in [-0.3, -0.25) is 9.59 Å². The summed E-state index contributed by atoms with van der Waals surface area (Å²) in [5.74, 6) is -2.57. The number of sulfonamides is 1. The highest BCUT2D eigenvalue weighted by atomic mass is 32.2. The summed E-state index contributed by atoms with van der Waals surface area (Å²) in [5, 5.41) is 9.16. The second kappa shape index (κ2) is 8.13. The molecule has 1 N–H and O–H groups in total. The third kappa shape index (κ3) is 4.39. The molecule has 0 spiro atoms. The number of hydrogen-bond acceptors (Lipinski definition) is 4. The van der Waals surface area contributed by atoms with Crippen LogP contribution in [0.2, 0.25) is 0 Å². The van der Waals surface area contributed by atoms with E-state index in [1.807, 2.05) is 0 Å². The molecule has 9 heteroatoms. The summed E-state index contributed by atoms with van der Waals surface area (Å²) >= 11 is 0. The number of carbonyl (C=O) groups is 2. The smallest absolute Gasteiger partial charge is 0.323 e. The first-order valence-corrected chi connectivity index (χ1v) is 10.0. The molecule has 7 nitrogen and oxygen atoms in total. The van der Waals surface area contributed by atoms with E-state index in [4.69, 9.17) is 5.11 Å². The Balaban J connectivity index is 2.22. The van der Waals surface area contributed by atoms with Crippen LogP contribution in [0.25, 0.3) is 0 Å². The zero-order valence-electron chi connectivity index (χ0n) is 14.8. The van der Waals surface area contributed by atoms with E-state index in [0.717, 1.165) is 4.90 Å². The molecule has 1 aliphatic heterocycles. The fraction of sp³-hybridized carbons (Fsp3) is 0.529. The molecule has 0 saturated carbocycles. The van der Waals surface area contributed by atoms with Crippen molar-refractivity contribution in [1.29, 1.82) is 0 Å². The summed E-state index contributed by atoms with van der Waals surface area (Å²) in [5.41, 5.74) is 0.129.